The number of aromatic nitrogens is 2. The number of nitrogens with zero attached hydrogens (tertiary/aromatic N) is 1. The van der Waals surface area contributed by atoms with Gasteiger partial charge in [-0.25, -0.2) is 9.36 Å². The molecule has 13 heavy (non-hydrogen) atoms. The first-order valence-electron chi connectivity index (χ1n) is 3.76. The minimum absolute atomic E-state index is 0.0715. The fraction of sp³-hybridized carbons (Fsp3) is 0.429. The molecule has 6 nitrogen and oxygen atoms in total. The van der Waals surface area contributed by atoms with Crippen LogP contribution in [0.4, 0.5) is 0 Å². The van der Waals surface area contributed by atoms with Crippen molar-refractivity contribution in [1.82, 2.24) is 9.55 Å². The van der Waals surface area contributed by atoms with E-state index in [1.54, 1.807) is 6.92 Å². The highest BCUT2D eigenvalue weighted by molar-refractivity contribution is 5.05. The second-order valence-electron chi connectivity index (χ2n) is 2.35. The van der Waals surface area contributed by atoms with Crippen LogP contribution in [0.15, 0.2) is 15.7 Å². The maximum Gasteiger partial charge on any atom is 0.333 e. The Morgan fingerprint density at radius 1 is 1.62 bits per heavy atom. The molecule has 1 heterocycles. The molecule has 2 N–H and O–H groups in total. The Hall–Kier alpha value is -1.56. The average Bonchev–Trinajstić information content (AvgIpc) is 2.02. The van der Waals surface area contributed by atoms with Crippen LogP contribution in [0.5, 0.6) is 5.88 Å². The number of H-pyrrole nitrogens is 1. The van der Waals surface area contributed by atoms with Gasteiger partial charge in [0.25, 0.3) is 5.56 Å². The zero-order valence-electron chi connectivity index (χ0n) is 7.11. The maximum atomic E-state index is 11.0. The third-order valence-electron chi connectivity index (χ3n) is 1.44. The number of rotatable bonds is 3. The molecular formula is C7H10N2O4. The molecule has 6 heteroatoms. The first-order chi connectivity index (χ1) is 6.15. The second kappa shape index (κ2) is 3.90. The smallest absolute Gasteiger partial charge is 0.333 e. The summed E-state index contributed by atoms with van der Waals surface area (Å²) in [5.74, 6) is -0.401. The molecule has 0 bridgehead atoms. The Morgan fingerprint density at radius 3 is 2.85 bits per heavy atom. The molecule has 0 amide bonds. The molecule has 0 spiro atoms. The van der Waals surface area contributed by atoms with Gasteiger partial charge in [0.05, 0.1) is 6.07 Å². The molecule has 0 aliphatic rings. The van der Waals surface area contributed by atoms with Gasteiger partial charge in [-0.05, 0) is 6.92 Å². The van der Waals surface area contributed by atoms with Crippen molar-refractivity contribution in [3.8, 4) is 5.88 Å². The number of hydrogen-bond acceptors (Lipinski definition) is 4. The second-order valence-corrected chi connectivity index (χ2v) is 2.35. The highest BCUT2D eigenvalue weighted by Crippen LogP contribution is 1.99. The molecule has 1 rings (SSSR count). The van der Waals surface area contributed by atoms with Crippen molar-refractivity contribution in [2.45, 2.75) is 13.7 Å². The van der Waals surface area contributed by atoms with Gasteiger partial charge in [0.1, 0.15) is 6.73 Å². The zero-order chi connectivity index (χ0) is 9.84. The van der Waals surface area contributed by atoms with E-state index in [1.165, 1.54) is 0 Å². The van der Waals surface area contributed by atoms with E-state index in [4.69, 9.17) is 9.84 Å². The molecule has 0 radical (unpaired) electrons. The Balaban J connectivity index is 3.07. The van der Waals surface area contributed by atoms with Gasteiger partial charge in [-0.15, -0.1) is 0 Å². The molecule has 0 saturated heterocycles. The van der Waals surface area contributed by atoms with E-state index in [9.17, 15) is 9.59 Å². The third-order valence-corrected chi connectivity index (χ3v) is 1.44. The largest absolute Gasteiger partial charge is 0.494 e. The Labute approximate surface area is 73.4 Å². The number of aromatic amines is 1. The van der Waals surface area contributed by atoms with Crippen molar-refractivity contribution in [3.63, 3.8) is 0 Å². The highest BCUT2D eigenvalue weighted by atomic mass is 16.5. The summed E-state index contributed by atoms with van der Waals surface area (Å²) in [5, 5.41) is 9.16. The predicted octanol–water partition coefficient (Wildman–Crippen LogP) is -0.764. The van der Waals surface area contributed by atoms with Crippen molar-refractivity contribution in [2.24, 2.45) is 0 Å². The quantitative estimate of drug-likeness (QED) is 0.649. The summed E-state index contributed by atoms with van der Waals surface area (Å²) < 4.78 is 5.82. The molecule has 0 saturated carbocycles. The van der Waals surface area contributed by atoms with E-state index in [2.05, 4.69) is 0 Å². The first-order valence-corrected chi connectivity index (χ1v) is 3.76. The lowest BCUT2D eigenvalue weighted by Gasteiger charge is -2.05. The molecule has 0 aliphatic carbocycles. The van der Waals surface area contributed by atoms with Gasteiger partial charge in [-0.1, -0.05) is 0 Å². The summed E-state index contributed by atoms with van der Waals surface area (Å²) in [5.41, 5.74) is -1.31. The number of hydrogen-bond donors (Lipinski definition) is 2. The number of nitrogens with one attached hydrogen (secondary N) is 1. The van der Waals surface area contributed by atoms with Gasteiger partial charge in [-0.3, -0.25) is 9.78 Å². The van der Waals surface area contributed by atoms with Crippen molar-refractivity contribution < 1.29 is 9.84 Å². The molecular weight excluding hydrogens is 176 g/mol. The van der Waals surface area contributed by atoms with E-state index in [-0.39, 0.29) is 6.73 Å². The third kappa shape index (κ3) is 2.19. The molecule has 0 unspecified atom stereocenters. The predicted molar refractivity (Wildman–Crippen MR) is 44.6 cm³/mol. The first kappa shape index (κ1) is 9.53. The average molecular weight is 186 g/mol. The lowest BCUT2D eigenvalue weighted by molar-refractivity contribution is 0.0782. The Morgan fingerprint density at radius 2 is 2.31 bits per heavy atom. The van der Waals surface area contributed by atoms with E-state index < -0.39 is 17.1 Å². The van der Waals surface area contributed by atoms with Crippen LogP contribution in [0, 0.1) is 0 Å². The number of aromatic hydroxyl groups is 1. The molecule has 0 atom stereocenters. The van der Waals surface area contributed by atoms with Crippen molar-refractivity contribution >= 4 is 0 Å². The van der Waals surface area contributed by atoms with Crippen LogP contribution in [0.3, 0.4) is 0 Å². The fourth-order valence-corrected chi connectivity index (χ4v) is 0.816. The zero-order valence-corrected chi connectivity index (χ0v) is 7.11. The SMILES string of the molecule is CCOCn1c(O)cc(=O)[nH]c1=O. The van der Waals surface area contributed by atoms with E-state index >= 15 is 0 Å². The van der Waals surface area contributed by atoms with Crippen LogP contribution < -0.4 is 11.2 Å². The molecule has 0 aromatic carbocycles. The van der Waals surface area contributed by atoms with E-state index in [1.807, 2.05) is 4.98 Å². The lowest BCUT2D eigenvalue weighted by atomic mass is 10.6. The highest BCUT2D eigenvalue weighted by Gasteiger charge is 2.02. The standard InChI is InChI=1S/C7H10N2O4/c1-2-13-4-9-6(11)3-5(10)8-7(9)12/h3,11H,2,4H2,1H3,(H,8,10,12). The molecule has 0 fully saturated rings. The summed E-state index contributed by atoms with van der Waals surface area (Å²) in [6.07, 6.45) is 0. The molecule has 1 aromatic rings. The lowest BCUT2D eigenvalue weighted by Crippen LogP contribution is -2.29. The van der Waals surface area contributed by atoms with E-state index in [0.29, 0.717) is 6.61 Å². The van der Waals surface area contributed by atoms with Crippen molar-refractivity contribution in [1.29, 1.82) is 0 Å². The van der Waals surface area contributed by atoms with Crippen LogP contribution in [0.1, 0.15) is 6.92 Å². The van der Waals surface area contributed by atoms with Gasteiger partial charge >= 0.3 is 5.69 Å². The monoisotopic (exact) mass is 186 g/mol. The van der Waals surface area contributed by atoms with Crippen LogP contribution >= 0.6 is 0 Å². The van der Waals surface area contributed by atoms with Gasteiger partial charge < -0.3 is 9.84 Å². The van der Waals surface area contributed by atoms with Crippen molar-refractivity contribution in [3.05, 3.63) is 26.9 Å². The topological polar surface area (TPSA) is 84.3 Å². The number of ether oxygens (including phenoxy) is 1. The molecule has 72 valence electrons. The molecule has 0 aliphatic heterocycles. The molecule has 1 aromatic heterocycles. The van der Waals surface area contributed by atoms with Gasteiger partial charge in [0, 0.05) is 6.61 Å². The van der Waals surface area contributed by atoms with Crippen LogP contribution in [0.2, 0.25) is 0 Å². The minimum Gasteiger partial charge on any atom is -0.494 e. The fourth-order valence-electron chi connectivity index (χ4n) is 0.816. The summed E-state index contributed by atoms with van der Waals surface area (Å²) >= 11 is 0. The van der Waals surface area contributed by atoms with Gasteiger partial charge in [0.15, 0.2) is 0 Å². The summed E-state index contributed by atoms with van der Waals surface area (Å²) in [6.45, 7) is 2.11. The maximum absolute atomic E-state index is 11.0. The minimum atomic E-state index is -0.682. The van der Waals surface area contributed by atoms with Crippen LogP contribution in [0.25, 0.3) is 0 Å². The summed E-state index contributed by atoms with van der Waals surface area (Å²) in [6, 6.07) is 0.917. The van der Waals surface area contributed by atoms with Gasteiger partial charge in [0.2, 0.25) is 5.88 Å². The van der Waals surface area contributed by atoms with E-state index in [0.717, 1.165) is 10.6 Å². The normalized spacial score (nSPS) is 10.2. The Bertz CT molecular complexity index is 392. The Kier molecular flexibility index (Phi) is 2.86. The van der Waals surface area contributed by atoms with Crippen LogP contribution in [-0.2, 0) is 11.5 Å². The summed E-state index contributed by atoms with van der Waals surface area (Å²) in [4.78, 5) is 23.7. The van der Waals surface area contributed by atoms with Gasteiger partial charge in [-0.2, -0.15) is 0 Å². The summed E-state index contributed by atoms with van der Waals surface area (Å²) in [7, 11) is 0. The van der Waals surface area contributed by atoms with Crippen LogP contribution in [-0.4, -0.2) is 21.3 Å². The van der Waals surface area contributed by atoms with Crippen molar-refractivity contribution in [2.75, 3.05) is 6.61 Å².